The second kappa shape index (κ2) is 11.0. The second-order valence-corrected chi connectivity index (χ2v) is 8.84. The number of anilines is 4. The van der Waals surface area contributed by atoms with Crippen molar-refractivity contribution < 1.29 is 14.6 Å². The first kappa shape index (κ1) is 23.5. The maximum atomic E-state index is 10.5. The molecule has 184 valence electrons. The van der Waals surface area contributed by atoms with Gasteiger partial charge in [0.1, 0.15) is 6.23 Å². The summed E-state index contributed by atoms with van der Waals surface area (Å²) in [6.07, 6.45) is 2.73. The van der Waals surface area contributed by atoms with Crippen molar-refractivity contribution >= 4 is 23.0 Å². The molecular formula is C26H32N6O3. The van der Waals surface area contributed by atoms with Gasteiger partial charge in [-0.15, -0.1) is 0 Å². The Labute approximate surface area is 205 Å². The number of morpholine rings is 1. The van der Waals surface area contributed by atoms with E-state index in [0.29, 0.717) is 37.1 Å². The zero-order valence-electron chi connectivity index (χ0n) is 19.7. The van der Waals surface area contributed by atoms with Crippen LogP contribution >= 0.6 is 0 Å². The lowest BCUT2D eigenvalue weighted by Crippen LogP contribution is -2.36. The van der Waals surface area contributed by atoms with E-state index in [2.05, 4.69) is 38.7 Å². The first-order valence-electron chi connectivity index (χ1n) is 12.1. The smallest absolute Gasteiger partial charge is 0.227 e. The Balaban J connectivity index is 1.48. The average molecular weight is 477 g/mol. The molecule has 2 aromatic carbocycles. The molecule has 1 atom stereocenters. The summed E-state index contributed by atoms with van der Waals surface area (Å²) in [6, 6.07) is 13.7. The van der Waals surface area contributed by atoms with Crippen molar-refractivity contribution in [2.24, 2.45) is 0 Å². The lowest BCUT2D eigenvalue weighted by atomic mass is 10.1. The van der Waals surface area contributed by atoms with Crippen molar-refractivity contribution in [3.8, 4) is 11.3 Å². The van der Waals surface area contributed by atoms with Gasteiger partial charge < -0.3 is 30.5 Å². The highest BCUT2D eigenvalue weighted by Crippen LogP contribution is 2.29. The summed E-state index contributed by atoms with van der Waals surface area (Å²) >= 11 is 0. The summed E-state index contributed by atoms with van der Waals surface area (Å²) in [5, 5.41) is 17.0. The molecule has 0 spiro atoms. The fourth-order valence-corrected chi connectivity index (χ4v) is 4.39. The molecule has 3 aliphatic heterocycles. The fourth-order valence-electron chi connectivity index (χ4n) is 4.39. The summed E-state index contributed by atoms with van der Waals surface area (Å²) in [7, 11) is 0. The van der Waals surface area contributed by atoms with Crippen molar-refractivity contribution in [2.75, 3.05) is 55.4 Å². The SMILES string of the molecule is Nc1cc2ccc1-c1ccnc(n1)Nc1cc(cc(N3CCOCC3)c1)COCCCCNC2O. The summed E-state index contributed by atoms with van der Waals surface area (Å²) in [4.78, 5) is 11.5. The van der Waals surface area contributed by atoms with Gasteiger partial charge in [-0.3, -0.25) is 5.32 Å². The van der Waals surface area contributed by atoms with Gasteiger partial charge in [0, 0.05) is 48.5 Å². The maximum Gasteiger partial charge on any atom is 0.227 e. The van der Waals surface area contributed by atoms with E-state index >= 15 is 0 Å². The maximum absolute atomic E-state index is 10.5. The Morgan fingerprint density at radius 1 is 1.00 bits per heavy atom. The van der Waals surface area contributed by atoms with Crippen molar-refractivity contribution in [3.05, 3.63) is 59.8 Å². The second-order valence-electron chi connectivity index (χ2n) is 8.84. The Kier molecular flexibility index (Phi) is 7.39. The number of hydrogen-bond donors (Lipinski definition) is 4. The van der Waals surface area contributed by atoms with Gasteiger partial charge in [0.15, 0.2) is 0 Å². The van der Waals surface area contributed by atoms with Gasteiger partial charge in [0.25, 0.3) is 0 Å². The van der Waals surface area contributed by atoms with E-state index in [1.54, 1.807) is 12.3 Å². The molecule has 4 heterocycles. The van der Waals surface area contributed by atoms with Gasteiger partial charge in [-0.05, 0) is 60.8 Å². The van der Waals surface area contributed by atoms with Crippen LogP contribution < -0.4 is 21.3 Å². The molecule has 6 rings (SSSR count). The standard InChI is InChI=1S/C26H32N6O3/c27-23-15-19-3-4-22(23)24-5-7-29-26(31-24)30-20-13-18(17-35-10-2-1-6-28-25(19)33)14-21(16-20)32-8-11-34-12-9-32/h3-5,7,13-16,25,28,33H,1-2,6,8-12,17,27H2,(H,29,30,31). The number of rotatable bonds is 1. The molecule has 0 radical (unpaired) electrons. The highest BCUT2D eigenvalue weighted by molar-refractivity contribution is 5.75. The topological polar surface area (TPSA) is 118 Å². The van der Waals surface area contributed by atoms with Gasteiger partial charge in [0.05, 0.1) is 25.5 Å². The van der Waals surface area contributed by atoms with Gasteiger partial charge in [-0.2, -0.15) is 0 Å². The van der Waals surface area contributed by atoms with Crippen LogP contribution in [0.5, 0.6) is 0 Å². The monoisotopic (exact) mass is 476 g/mol. The minimum Gasteiger partial charge on any atom is -0.398 e. The zero-order valence-corrected chi connectivity index (χ0v) is 19.7. The van der Waals surface area contributed by atoms with E-state index in [4.69, 9.17) is 20.2 Å². The number of ether oxygens (including phenoxy) is 2. The zero-order chi connectivity index (χ0) is 24.0. The third kappa shape index (κ3) is 5.88. The molecule has 1 saturated heterocycles. The number of aromatic nitrogens is 2. The number of nitrogen functional groups attached to an aromatic ring is 1. The predicted octanol–water partition coefficient (Wildman–Crippen LogP) is 3.20. The van der Waals surface area contributed by atoms with Gasteiger partial charge in [0.2, 0.25) is 5.95 Å². The quantitative estimate of drug-likeness (QED) is 0.393. The largest absolute Gasteiger partial charge is 0.398 e. The molecule has 9 nitrogen and oxygen atoms in total. The van der Waals surface area contributed by atoms with Crippen LogP contribution in [0.15, 0.2) is 48.7 Å². The molecular weight excluding hydrogens is 444 g/mol. The molecule has 9 heteroatoms. The predicted molar refractivity (Wildman–Crippen MR) is 136 cm³/mol. The number of nitrogens with two attached hydrogens (primary N) is 1. The number of nitrogens with one attached hydrogen (secondary N) is 2. The Morgan fingerprint density at radius 2 is 1.89 bits per heavy atom. The van der Waals surface area contributed by atoms with Gasteiger partial charge in [-0.25, -0.2) is 9.97 Å². The van der Waals surface area contributed by atoms with E-state index in [1.165, 1.54) is 0 Å². The van der Waals surface area contributed by atoms with Gasteiger partial charge >= 0.3 is 0 Å². The lowest BCUT2D eigenvalue weighted by Gasteiger charge is -2.29. The number of nitrogens with zero attached hydrogens (tertiary/aromatic N) is 3. The molecule has 0 amide bonds. The molecule has 35 heavy (non-hydrogen) atoms. The third-order valence-electron chi connectivity index (χ3n) is 6.25. The number of aliphatic hydroxyl groups is 1. The van der Waals surface area contributed by atoms with E-state index in [1.807, 2.05) is 18.2 Å². The van der Waals surface area contributed by atoms with Crippen LogP contribution in [-0.2, 0) is 16.1 Å². The molecule has 3 aromatic rings. The number of aliphatic hydroxyl groups excluding tert-OH is 1. The number of benzene rings is 2. The highest BCUT2D eigenvalue weighted by Gasteiger charge is 2.15. The molecule has 1 aromatic heterocycles. The van der Waals surface area contributed by atoms with Crippen LogP contribution in [0.4, 0.5) is 23.0 Å². The molecule has 5 N–H and O–H groups in total. The molecule has 1 unspecified atom stereocenters. The Bertz CT molecular complexity index is 1150. The molecule has 6 bridgehead atoms. The molecule has 0 aliphatic carbocycles. The van der Waals surface area contributed by atoms with Crippen molar-refractivity contribution in [2.45, 2.75) is 25.7 Å². The van der Waals surface area contributed by atoms with Crippen LogP contribution in [0.3, 0.4) is 0 Å². The van der Waals surface area contributed by atoms with Crippen LogP contribution in [0, 0.1) is 0 Å². The van der Waals surface area contributed by atoms with E-state index in [0.717, 1.165) is 67.2 Å². The van der Waals surface area contributed by atoms with Crippen LogP contribution in [0.2, 0.25) is 0 Å². The summed E-state index contributed by atoms with van der Waals surface area (Å²) in [5.41, 5.74) is 12.2. The molecule has 1 fully saturated rings. The lowest BCUT2D eigenvalue weighted by molar-refractivity contribution is 0.112. The highest BCUT2D eigenvalue weighted by atomic mass is 16.5. The summed E-state index contributed by atoms with van der Waals surface area (Å²) < 4.78 is 11.5. The van der Waals surface area contributed by atoms with Crippen molar-refractivity contribution in [1.82, 2.24) is 15.3 Å². The van der Waals surface area contributed by atoms with E-state index in [9.17, 15) is 5.11 Å². The van der Waals surface area contributed by atoms with E-state index in [-0.39, 0.29) is 0 Å². The first-order chi connectivity index (χ1) is 17.2. The summed E-state index contributed by atoms with van der Waals surface area (Å²) in [5.74, 6) is 0.483. The van der Waals surface area contributed by atoms with Crippen molar-refractivity contribution in [3.63, 3.8) is 0 Å². The molecule has 3 aliphatic rings. The Hall–Kier alpha value is -3.24. The number of hydrogen-bond acceptors (Lipinski definition) is 9. The van der Waals surface area contributed by atoms with Crippen LogP contribution in [0.25, 0.3) is 11.3 Å². The first-order valence-corrected chi connectivity index (χ1v) is 12.1. The number of fused-ring (bicyclic) bond motifs is 9. The third-order valence-corrected chi connectivity index (χ3v) is 6.25. The summed E-state index contributed by atoms with van der Waals surface area (Å²) in [6.45, 7) is 4.99. The minimum absolute atomic E-state index is 0.483. The normalized spacial score (nSPS) is 19.3. The minimum atomic E-state index is -0.780. The van der Waals surface area contributed by atoms with Crippen LogP contribution in [-0.4, -0.2) is 54.5 Å². The van der Waals surface area contributed by atoms with Gasteiger partial charge in [-0.1, -0.05) is 12.1 Å². The fraction of sp³-hybridized carbons (Fsp3) is 0.385. The average Bonchev–Trinajstić information content (AvgIpc) is 2.88. The van der Waals surface area contributed by atoms with Crippen molar-refractivity contribution in [1.29, 1.82) is 0 Å². The molecule has 0 saturated carbocycles. The van der Waals surface area contributed by atoms with Crippen LogP contribution in [0.1, 0.15) is 30.2 Å². The Morgan fingerprint density at radius 3 is 2.74 bits per heavy atom. The van der Waals surface area contributed by atoms with E-state index < -0.39 is 6.23 Å².